The quantitative estimate of drug-likeness (QED) is 0.816. The smallest absolute Gasteiger partial charge is 0.184 e. The summed E-state index contributed by atoms with van der Waals surface area (Å²) in [5.74, 6) is 0.669. The van der Waals surface area contributed by atoms with Crippen LogP contribution in [-0.2, 0) is 0 Å². The highest BCUT2D eigenvalue weighted by Gasteiger charge is 2.29. The highest BCUT2D eigenvalue weighted by molar-refractivity contribution is 6.16. The molecule has 2 aliphatic rings. The van der Waals surface area contributed by atoms with Crippen molar-refractivity contribution in [2.75, 3.05) is 32.8 Å². The van der Waals surface area contributed by atoms with Gasteiger partial charge in [0.25, 0.3) is 0 Å². The average Bonchev–Trinajstić information content (AvgIpc) is 2.75. The number of benzene rings is 2. The lowest BCUT2D eigenvalue weighted by atomic mass is 9.84. The van der Waals surface area contributed by atoms with Crippen molar-refractivity contribution in [3.63, 3.8) is 0 Å². The minimum absolute atomic E-state index is 0.0889. The number of carbonyl (C=O) groups excluding carboxylic acids is 1. The fourth-order valence-corrected chi connectivity index (χ4v) is 4.09. The minimum Gasteiger partial charge on any atom is -0.491 e. The molecule has 2 aromatic rings. The van der Waals surface area contributed by atoms with Gasteiger partial charge in [-0.3, -0.25) is 9.79 Å². The maximum Gasteiger partial charge on any atom is 0.184 e. The lowest BCUT2D eigenvalue weighted by Crippen LogP contribution is -2.42. The van der Waals surface area contributed by atoms with Gasteiger partial charge in [0.1, 0.15) is 30.8 Å². The number of fused-ring (bicyclic) bond motifs is 1. The summed E-state index contributed by atoms with van der Waals surface area (Å²) in [5, 5.41) is 10.3. The first-order valence-corrected chi connectivity index (χ1v) is 10.1. The molecule has 1 N–H and O–H groups in total. The SMILES string of the molecule is O=C1CN=C(C2CCN(CC(O)COc3ccc(F)cc3)CC2)c2ccccc21. The van der Waals surface area contributed by atoms with Crippen molar-refractivity contribution in [2.45, 2.75) is 18.9 Å². The zero-order valence-electron chi connectivity index (χ0n) is 16.3. The number of β-amino-alcohol motifs (C(OH)–C–C–N with tert-alkyl or cyclic N) is 1. The van der Waals surface area contributed by atoms with E-state index in [9.17, 15) is 14.3 Å². The summed E-state index contributed by atoms with van der Waals surface area (Å²) in [7, 11) is 0. The number of likely N-dealkylation sites (tertiary alicyclic amines) is 1. The van der Waals surface area contributed by atoms with E-state index in [-0.39, 0.29) is 24.8 Å². The van der Waals surface area contributed by atoms with Gasteiger partial charge in [-0.2, -0.15) is 0 Å². The first kappa shape index (κ1) is 19.7. The van der Waals surface area contributed by atoms with Gasteiger partial charge in [0.05, 0.1) is 0 Å². The number of halogens is 1. The van der Waals surface area contributed by atoms with Crippen LogP contribution in [0.3, 0.4) is 0 Å². The second-order valence-electron chi connectivity index (χ2n) is 7.66. The number of rotatable bonds is 6. The first-order chi connectivity index (χ1) is 14.1. The molecule has 0 amide bonds. The first-order valence-electron chi connectivity index (χ1n) is 10.1. The summed E-state index contributed by atoms with van der Waals surface area (Å²) in [6.45, 7) is 2.69. The molecular formula is C23H25FN2O3. The summed E-state index contributed by atoms with van der Waals surface area (Å²) >= 11 is 0. The normalized spacial score (nSPS) is 18.8. The Morgan fingerprint density at radius 1 is 1.10 bits per heavy atom. The van der Waals surface area contributed by atoms with Gasteiger partial charge in [0, 0.05) is 29.3 Å². The molecule has 0 bridgehead atoms. The number of hydrogen-bond donors (Lipinski definition) is 1. The average molecular weight is 396 g/mol. The number of nitrogens with zero attached hydrogens (tertiary/aromatic N) is 2. The van der Waals surface area contributed by atoms with E-state index in [1.54, 1.807) is 12.1 Å². The lowest BCUT2D eigenvalue weighted by molar-refractivity contribution is 0.0588. The van der Waals surface area contributed by atoms with Crippen LogP contribution in [0.1, 0.15) is 28.8 Å². The van der Waals surface area contributed by atoms with E-state index in [4.69, 9.17) is 4.74 Å². The van der Waals surface area contributed by atoms with Crippen LogP contribution in [0, 0.1) is 11.7 Å². The largest absolute Gasteiger partial charge is 0.491 e. The van der Waals surface area contributed by atoms with E-state index >= 15 is 0 Å². The zero-order valence-corrected chi connectivity index (χ0v) is 16.3. The van der Waals surface area contributed by atoms with E-state index in [1.807, 2.05) is 24.3 Å². The third-order valence-corrected chi connectivity index (χ3v) is 5.60. The monoisotopic (exact) mass is 396 g/mol. The predicted molar refractivity (Wildman–Crippen MR) is 109 cm³/mol. The van der Waals surface area contributed by atoms with Crippen LogP contribution < -0.4 is 4.74 Å². The number of ether oxygens (including phenoxy) is 1. The number of ketones is 1. The van der Waals surface area contributed by atoms with Crippen LogP contribution >= 0.6 is 0 Å². The maximum atomic E-state index is 12.9. The van der Waals surface area contributed by atoms with E-state index in [0.29, 0.717) is 18.2 Å². The Hall–Kier alpha value is -2.57. The van der Waals surface area contributed by atoms with Gasteiger partial charge >= 0.3 is 0 Å². The van der Waals surface area contributed by atoms with Gasteiger partial charge in [-0.05, 0) is 50.2 Å². The molecule has 152 valence electrons. The van der Waals surface area contributed by atoms with E-state index < -0.39 is 6.10 Å². The van der Waals surface area contributed by atoms with Crippen LogP contribution in [0.2, 0.25) is 0 Å². The van der Waals surface area contributed by atoms with Crippen LogP contribution in [-0.4, -0.2) is 60.4 Å². The standard InChI is InChI=1S/C23H25FN2O3/c24-17-5-7-19(8-6-17)29-15-18(27)14-26-11-9-16(10-12-26)23-21-4-2-1-3-20(21)22(28)13-25-23/h1-8,16,18,27H,9-15H2. The van der Waals surface area contributed by atoms with Gasteiger partial charge in [-0.15, -0.1) is 0 Å². The Kier molecular flexibility index (Phi) is 6.02. The molecule has 0 spiro atoms. The van der Waals surface area contributed by atoms with Gasteiger partial charge in [0.2, 0.25) is 0 Å². The summed E-state index contributed by atoms with van der Waals surface area (Å²) in [4.78, 5) is 18.9. The van der Waals surface area contributed by atoms with Gasteiger partial charge < -0.3 is 14.7 Å². The van der Waals surface area contributed by atoms with E-state index in [1.165, 1.54) is 12.1 Å². The Labute approximate surface area is 169 Å². The molecule has 2 aliphatic heterocycles. The topological polar surface area (TPSA) is 62.1 Å². The van der Waals surface area contributed by atoms with E-state index in [2.05, 4.69) is 9.89 Å². The summed E-state index contributed by atoms with van der Waals surface area (Å²) in [5.41, 5.74) is 2.82. The van der Waals surface area contributed by atoms with Crippen LogP contribution in [0.5, 0.6) is 5.75 Å². The van der Waals surface area contributed by atoms with Crippen molar-refractivity contribution in [3.8, 4) is 5.75 Å². The highest BCUT2D eigenvalue weighted by atomic mass is 19.1. The fraction of sp³-hybridized carbons (Fsp3) is 0.391. The highest BCUT2D eigenvalue weighted by Crippen LogP contribution is 2.27. The third-order valence-electron chi connectivity index (χ3n) is 5.60. The third kappa shape index (κ3) is 4.71. The Morgan fingerprint density at radius 2 is 1.79 bits per heavy atom. The molecule has 1 fully saturated rings. The lowest BCUT2D eigenvalue weighted by Gasteiger charge is -2.34. The molecule has 6 heteroatoms. The van der Waals surface area contributed by atoms with Crippen molar-refractivity contribution in [3.05, 3.63) is 65.5 Å². The molecule has 1 unspecified atom stereocenters. The van der Waals surface area contributed by atoms with Crippen LogP contribution in [0.4, 0.5) is 4.39 Å². The summed E-state index contributed by atoms with van der Waals surface area (Å²) < 4.78 is 18.5. The Balaban J connectivity index is 1.27. The molecule has 0 radical (unpaired) electrons. The zero-order chi connectivity index (χ0) is 20.2. The Morgan fingerprint density at radius 3 is 2.52 bits per heavy atom. The number of carbonyl (C=O) groups is 1. The molecule has 0 saturated carbocycles. The molecular weight excluding hydrogens is 371 g/mol. The van der Waals surface area contributed by atoms with E-state index in [0.717, 1.165) is 42.8 Å². The number of piperidine rings is 1. The fourth-order valence-electron chi connectivity index (χ4n) is 4.09. The van der Waals surface area contributed by atoms with Gasteiger partial charge in [-0.25, -0.2) is 4.39 Å². The second kappa shape index (κ2) is 8.84. The molecule has 2 aromatic carbocycles. The Bertz CT molecular complexity index is 889. The van der Waals surface area contributed by atoms with Crippen molar-refractivity contribution in [1.82, 2.24) is 4.90 Å². The van der Waals surface area contributed by atoms with Crippen LogP contribution in [0.25, 0.3) is 0 Å². The molecule has 0 aliphatic carbocycles. The predicted octanol–water partition coefficient (Wildman–Crippen LogP) is 2.96. The number of Topliss-reactive ketones (excluding diaryl/α,β-unsaturated/α-hetero) is 1. The van der Waals surface area contributed by atoms with Crippen molar-refractivity contribution >= 4 is 11.5 Å². The number of aliphatic imine (C=N–C) groups is 1. The van der Waals surface area contributed by atoms with Gasteiger partial charge in [0.15, 0.2) is 5.78 Å². The van der Waals surface area contributed by atoms with Crippen molar-refractivity contribution in [1.29, 1.82) is 0 Å². The van der Waals surface area contributed by atoms with Gasteiger partial charge in [-0.1, -0.05) is 24.3 Å². The number of aliphatic hydroxyl groups excluding tert-OH is 1. The molecule has 4 rings (SSSR count). The number of hydrogen-bond acceptors (Lipinski definition) is 5. The molecule has 0 aromatic heterocycles. The minimum atomic E-state index is -0.609. The summed E-state index contributed by atoms with van der Waals surface area (Å²) in [6, 6.07) is 13.5. The molecule has 1 saturated heterocycles. The molecule has 1 atom stereocenters. The number of aliphatic hydroxyl groups is 1. The molecule has 5 nitrogen and oxygen atoms in total. The summed E-state index contributed by atoms with van der Waals surface area (Å²) in [6.07, 6.45) is 1.29. The van der Waals surface area contributed by atoms with Crippen molar-refractivity contribution in [2.24, 2.45) is 10.9 Å². The molecule has 2 heterocycles. The molecule has 29 heavy (non-hydrogen) atoms. The van der Waals surface area contributed by atoms with Crippen LogP contribution in [0.15, 0.2) is 53.5 Å². The van der Waals surface area contributed by atoms with Crippen molar-refractivity contribution < 1.29 is 19.0 Å². The maximum absolute atomic E-state index is 12.9. The second-order valence-corrected chi connectivity index (χ2v) is 7.66.